The van der Waals surface area contributed by atoms with Crippen molar-refractivity contribution in [1.82, 2.24) is 9.30 Å². The van der Waals surface area contributed by atoms with Crippen LogP contribution in [0.25, 0.3) is 16.6 Å². The van der Waals surface area contributed by atoms with Crippen molar-refractivity contribution in [1.29, 1.82) is 0 Å². The first kappa shape index (κ1) is 16.6. The van der Waals surface area contributed by atoms with Crippen molar-refractivity contribution in [2.24, 2.45) is 0 Å². The van der Waals surface area contributed by atoms with Crippen LogP contribution in [-0.4, -0.2) is 34.1 Å². The summed E-state index contributed by atoms with van der Waals surface area (Å²) >= 11 is 0. The highest BCUT2D eigenvalue weighted by Crippen LogP contribution is 2.28. The van der Waals surface area contributed by atoms with Crippen molar-refractivity contribution < 1.29 is 9.59 Å². The highest BCUT2D eigenvalue weighted by Gasteiger charge is 2.28. The fourth-order valence-electron chi connectivity index (χ4n) is 3.71. The third kappa shape index (κ3) is 3.03. The number of Topliss-reactive ketones (excluding diaryl/α,β-unsaturated/α-hetero) is 1. The first-order chi connectivity index (χ1) is 12.8. The molecule has 0 spiro atoms. The molecule has 1 aliphatic rings. The second kappa shape index (κ2) is 7.16. The van der Waals surface area contributed by atoms with Crippen molar-refractivity contribution in [3.63, 3.8) is 0 Å². The minimum Gasteiger partial charge on any atom is -0.336 e. The van der Waals surface area contributed by atoms with Gasteiger partial charge >= 0.3 is 0 Å². The van der Waals surface area contributed by atoms with Gasteiger partial charge in [0.1, 0.15) is 5.69 Å². The Labute approximate surface area is 153 Å². The van der Waals surface area contributed by atoms with E-state index in [0.717, 1.165) is 42.3 Å². The smallest absolute Gasteiger partial charge is 0.296 e. The van der Waals surface area contributed by atoms with E-state index < -0.39 is 5.78 Å². The normalized spacial score (nSPS) is 15.0. The van der Waals surface area contributed by atoms with Crippen molar-refractivity contribution in [3.05, 3.63) is 66.5 Å². The fraction of sp³-hybridized carbons (Fsp3) is 0.273. The number of rotatable bonds is 3. The molecule has 1 amide bonds. The van der Waals surface area contributed by atoms with E-state index in [1.165, 1.54) is 0 Å². The van der Waals surface area contributed by atoms with E-state index in [4.69, 9.17) is 0 Å². The minimum absolute atomic E-state index is 0.382. The van der Waals surface area contributed by atoms with E-state index >= 15 is 0 Å². The number of likely N-dealkylation sites (tertiary alicyclic amines) is 1. The quantitative estimate of drug-likeness (QED) is 0.527. The molecule has 0 unspecified atom stereocenters. The van der Waals surface area contributed by atoms with E-state index in [1.54, 1.807) is 4.90 Å². The maximum atomic E-state index is 13.2. The molecule has 0 N–H and O–H groups in total. The van der Waals surface area contributed by atoms with E-state index in [9.17, 15) is 9.59 Å². The van der Waals surface area contributed by atoms with Crippen molar-refractivity contribution in [2.45, 2.75) is 25.7 Å². The summed E-state index contributed by atoms with van der Waals surface area (Å²) in [6.07, 6.45) is 6.05. The average molecular weight is 346 g/mol. The number of benzene rings is 1. The van der Waals surface area contributed by atoms with Gasteiger partial charge in [-0.1, -0.05) is 49.2 Å². The Morgan fingerprint density at radius 1 is 0.808 bits per heavy atom. The summed E-state index contributed by atoms with van der Waals surface area (Å²) in [4.78, 5) is 27.9. The topological polar surface area (TPSA) is 41.8 Å². The molecule has 0 aliphatic carbocycles. The Morgan fingerprint density at radius 3 is 2.23 bits per heavy atom. The molecule has 26 heavy (non-hydrogen) atoms. The standard InChI is InChI=1S/C22H22N2O2/c25-21(22(26)23-13-7-1-2-8-14-23)20-19(17-10-4-3-5-11-17)16-18-12-6-9-15-24(18)20/h3-6,9-12,15-16H,1-2,7-8,13-14H2. The van der Waals surface area contributed by atoms with Gasteiger partial charge in [-0.2, -0.15) is 0 Å². The van der Waals surface area contributed by atoms with Gasteiger partial charge in [-0.05, 0) is 36.6 Å². The molecular weight excluding hydrogens is 324 g/mol. The molecule has 4 heteroatoms. The first-order valence-corrected chi connectivity index (χ1v) is 9.25. The molecule has 1 aliphatic heterocycles. The zero-order valence-corrected chi connectivity index (χ0v) is 14.7. The Hall–Kier alpha value is -2.88. The number of hydrogen-bond donors (Lipinski definition) is 0. The molecule has 3 aromatic rings. The van der Waals surface area contributed by atoms with Gasteiger partial charge in [-0.3, -0.25) is 9.59 Å². The average Bonchev–Trinajstić information content (AvgIpc) is 2.86. The van der Waals surface area contributed by atoms with Crippen LogP contribution in [0.4, 0.5) is 0 Å². The van der Waals surface area contributed by atoms with Gasteiger partial charge in [0.25, 0.3) is 11.7 Å². The predicted molar refractivity (Wildman–Crippen MR) is 102 cm³/mol. The second-order valence-corrected chi connectivity index (χ2v) is 6.80. The lowest BCUT2D eigenvalue weighted by molar-refractivity contribution is -0.126. The summed E-state index contributed by atoms with van der Waals surface area (Å²) in [5, 5.41) is 0. The Balaban J connectivity index is 1.79. The maximum absolute atomic E-state index is 13.2. The number of fused-ring (bicyclic) bond motifs is 1. The largest absolute Gasteiger partial charge is 0.336 e. The lowest BCUT2D eigenvalue weighted by Gasteiger charge is -2.19. The van der Waals surface area contributed by atoms with Crippen LogP contribution in [0.1, 0.15) is 36.2 Å². The third-order valence-corrected chi connectivity index (χ3v) is 5.07. The Bertz CT molecular complexity index is 935. The van der Waals surface area contributed by atoms with Crippen LogP contribution in [0.2, 0.25) is 0 Å². The highest BCUT2D eigenvalue weighted by molar-refractivity contribution is 6.43. The van der Waals surface area contributed by atoms with Crippen molar-refractivity contribution >= 4 is 17.2 Å². The lowest BCUT2D eigenvalue weighted by Crippen LogP contribution is -2.37. The van der Waals surface area contributed by atoms with Gasteiger partial charge in [-0.25, -0.2) is 0 Å². The number of ketones is 1. The monoisotopic (exact) mass is 346 g/mol. The molecule has 0 saturated carbocycles. The zero-order valence-electron chi connectivity index (χ0n) is 14.7. The summed E-state index contributed by atoms with van der Waals surface area (Å²) < 4.78 is 1.83. The van der Waals surface area contributed by atoms with Crippen LogP contribution in [0.15, 0.2) is 60.8 Å². The minimum atomic E-state index is -0.419. The number of hydrogen-bond acceptors (Lipinski definition) is 2. The Morgan fingerprint density at radius 2 is 1.50 bits per heavy atom. The van der Waals surface area contributed by atoms with Gasteiger partial charge in [-0.15, -0.1) is 0 Å². The lowest BCUT2D eigenvalue weighted by atomic mass is 10.0. The van der Waals surface area contributed by atoms with Gasteiger partial charge in [0, 0.05) is 30.4 Å². The molecular formula is C22H22N2O2. The zero-order chi connectivity index (χ0) is 17.9. The molecule has 4 nitrogen and oxygen atoms in total. The molecule has 1 aromatic carbocycles. The summed E-state index contributed by atoms with van der Waals surface area (Å²) in [5.74, 6) is -0.801. The first-order valence-electron chi connectivity index (χ1n) is 9.25. The van der Waals surface area contributed by atoms with Crippen LogP contribution in [0, 0.1) is 0 Å². The third-order valence-electron chi connectivity index (χ3n) is 5.07. The Kier molecular flexibility index (Phi) is 4.57. The molecule has 1 saturated heterocycles. The van der Waals surface area contributed by atoms with Gasteiger partial charge in [0.15, 0.2) is 0 Å². The van der Waals surface area contributed by atoms with Crippen molar-refractivity contribution in [2.75, 3.05) is 13.1 Å². The predicted octanol–water partition coefficient (Wildman–Crippen LogP) is 4.19. The molecule has 0 atom stereocenters. The van der Waals surface area contributed by atoms with Crippen LogP contribution >= 0.6 is 0 Å². The SMILES string of the molecule is O=C(C(=O)N1CCCCCC1)c1c(-c2ccccc2)cc2ccccn12. The van der Waals surface area contributed by atoms with Gasteiger partial charge in [0.2, 0.25) is 0 Å². The summed E-state index contributed by atoms with van der Waals surface area (Å²) in [6.45, 7) is 1.35. The van der Waals surface area contributed by atoms with Crippen LogP contribution in [0.3, 0.4) is 0 Å². The number of carbonyl (C=O) groups is 2. The van der Waals surface area contributed by atoms with Gasteiger partial charge in [0.05, 0.1) is 0 Å². The highest BCUT2D eigenvalue weighted by atomic mass is 16.2. The maximum Gasteiger partial charge on any atom is 0.296 e. The molecule has 3 heterocycles. The van der Waals surface area contributed by atoms with Gasteiger partial charge < -0.3 is 9.30 Å². The number of aromatic nitrogens is 1. The van der Waals surface area contributed by atoms with E-state index in [0.29, 0.717) is 18.8 Å². The second-order valence-electron chi connectivity index (χ2n) is 6.80. The summed E-state index contributed by atoms with van der Waals surface area (Å²) in [6, 6.07) is 17.6. The van der Waals surface area contributed by atoms with E-state index in [2.05, 4.69) is 0 Å². The number of nitrogens with zero attached hydrogens (tertiary/aromatic N) is 2. The number of pyridine rings is 1. The molecule has 132 valence electrons. The van der Waals surface area contributed by atoms with Crippen LogP contribution in [-0.2, 0) is 4.79 Å². The number of carbonyl (C=O) groups excluding carboxylic acids is 2. The summed E-state index contributed by atoms with van der Waals surface area (Å²) in [7, 11) is 0. The van der Waals surface area contributed by atoms with Crippen LogP contribution < -0.4 is 0 Å². The summed E-state index contributed by atoms with van der Waals surface area (Å²) in [5.41, 5.74) is 3.13. The van der Waals surface area contributed by atoms with E-state index in [-0.39, 0.29) is 5.91 Å². The molecule has 0 bridgehead atoms. The molecule has 0 radical (unpaired) electrons. The molecule has 1 fully saturated rings. The van der Waals surface area contributed by atoms with Crippen LogP contribution in [0.5, 0.6) is 0 Å². The van der Waals surface area contributed by atoms with Crippen molar-refractivity contribution in [3.8, 4) is 11.1 Å². The molecule has 4 rings (SSSR count). The molecule has 2 aromatic heterocycles. The van der Waals surface area contributed by atoms with E-state index in [1.807, 2.05) is 65.2 Å². The fourth-order valence-corrected chi connectivity index (χ4v) is 3.71. The number of amides is 1.